The molecule has 1 atom stereocenters. The van der Waals surface area contributed by atoms with Gasteiger partial charge in [-0.05, 0) is 19.3 Å². The van der Waals surface area contributed by atoms with Crippen molar-refractivity contribution in [1.82, 2.24) is 18.7 Å². The molecular weight excluding hydrogens is 452 g/mol. The number of aromatic nitrogens is 4. The van der Waals surface area contributed by atoms with Gasteiger partial charge >= 0.3 is 11.7 Å². The van der Waals surface area contributed by atoms with E-state index in [1.54, 1.807) is 25.0 Å². The van der Waals surface area contributed by atoms with E-state index in [2.05, 4.69) is 20.9 Å². The average Bonchev–Trinajstić information content (AvgIpc) is 3.10. The highest BCUT2D eigenvalue weighted by Gasteiger charge is 2.14. The van der Waals surface area contributed by atoms with Crippen LogP contribution in [-0.2, 0) is 30.2 Å². The summed E-state index contributed by atoms with van der Waals surface area (Å²) in [5, 5.41) is 0.687. The minimum absolute atomic E-state index is 0.0239. The Labute approximate surface area is 185 Å². The first-order chi connectivity index (χ1) is 14.4. The third-order valence-electron chi connectivity index (χ3n) is 5.36. The fraction of sp³-hybridized carbons (Fsp3) is 0.714. The molecule has 9 heteroatoms. The lowest BCUT2D eigenvalue weighted by molar-refractivity contribution is -0.145. The van der Waals surface area contributed by atoms with Gasteiger partial charge in [-0.2, -0.15) is 0 Å². The fourth-order valence-corrected chi connectivity index (χ4v) is 4.15. The Morgan fingerprint density at radius 1 is 1.07 bits per heavy atom. The SMILES string of the molecule is CC(=O)OC(CBr)CCCCCCCCCCn1c(=O)c2c(ncn2C)n(C)c1=O. The maximum atomic E-state index is 12.6. The predicted octanol–water partition coefficient (Wildman–Crippen LogP) is 3.27. The molecule has 168 valence electrons. The van der Waals surface area contributed by atoms with Gasteiger partial charge in [-0.15, -0.1) is 0 Å². The number of hydrogen-bond acceptors (Lipinski definition) is 5. The minimum atomic E-state index is -0.304. The molecule has 0 aliphatic heterocycles. The molecule has 0 amide bonds. The smallest absolute Gasteiger partial charge is 0.332 e. The van der Waals surface area contributed by atoms with Crippen LogP contribution in [-0.4, -0.2) is 36.1 Å². The summed E-state index contributed by atoms with van der Waals surface area (Å²) < 4.78 is 9.66. The van der Waals surface area contributed by atoms with Crippen molar-refractivity contribution in [2.45, 2.75) is 77.4 Å². The number of ether oxygens (including phenoxy) is 1. The van der Waals surface area contributed by atoms with Crippen LogP contribution in [0.3, 0.4) is 0 Å². The summed E-state index contributed by atoms with van der Waals surface area (Å²) in [6.07, 6.45) is 11.0. The number of fused-ring (bicyclic) bond motifs is 1. The van der Waals surface area contributed by atoms with Crippen molar-refractivity contribution in [1.29, 1.82) is 0 Å². The second kappa shape index (κ2) is 12.1. The Balaban J connectivity index is 1.65. The van der Waals surface area contributed by atoms with Gasteiger partial charge in [0.15, 0.2) is 11.2 Å². The van der Waals surface area contributed by atoms with Gasteiger partial charge in [0, 0.05) is 32.9 Å². The topological polar surface area (TPSA) is 88.1 Å². The van der Waals surface area contributed by atoms with Crippen LogP contribution >= 0.6 is 15.9 Å². The third-order valence-corrected chi connectivity index (χ3v) is 6.09. The average molecular weight is 485 g/mol. The Hall–Kier alpha value is -1.90. The largest absolute Gasteiger partial charge is 0.462 e. The van der Waals surface area contributed by atoms with Gasteiger partial charge in [-0.1, -0.05) is 54.5 Å². The summed E-state index contributed by atoms with van der Waals surface area (Å²) in [7, 11) is 3.42. The van der Waals surface area contributed by atoms with Gasteiger partial charge in [-0.3, -0.25) is 18.7 Å². The number of aryl methyl sites for hydroxylation is 2. The zero-order valence-corrected chi connectivity index (χ0v) is 19.8. The number of hydrogen-bond donors (Lipinski definition) is 0. The van der Waals surface area contributed by atoms with Crippen molar-refractivity contribution in [3.63, 3.8) is 0 Å². The van der Waals surface area contributed by atoms with Gasteiger partial charge in [0.05, 0.1) is 6.33 Å². The number of halogens is 1. The molecule has 0 fully saturated rings. The van der Waals surface area contributed by atoms with Crippen molar-refractivity contribution >= 4 is 33.1 Å². The molecule has 0 aliphatic carbocycles. The number of unbranched alkanes of at least 4 members (excludes halogenated alkanes) is 7. The Kier molecular flexibility index (Phi) is 9.81. The van der Waals surface area contributed by atoms with E-state index >= 15 is 0 Å². The number of rotatable bonds is 13. The number of carbonyl (C=O) groups excluding carboxylic acids is 1. The van der Waals surface area contributed by atoms with Crippen LogP contribution < -0.4 is 11.2 Å². The van der Waals surface area contributed by atoms with Crippen molar-refractivity contribution in [2.24, 2.45) is 14.1 Å². The molecule has 2 heterocycles. The van der Waals surface area contributed by atoms with E-state index in [4.69, 9.17) is 4.74 Å². The lowest BCUT2D eigenvalue weighted by Gasteiger charge is -2.13. The zero-order valence-electron chi connectivity index (χ0n) is 18.2. The number of nitrogens with zero attached hydrogens (tertiary/aromatic N) is 4. The molecule has 0 saturated heterocycles. The van der Waals surface area contributed by atoms with Crippen LogP contribution in [0, 0.1) is 0 Å². The number of carbonyl (C=O) groups is 1. The summed E-state index contributed by atoms with van der Waals surface area (Å²) in [5.41, 5.74) is 0.331. The van der Waals surface area contributed by atoms with Crippen LogP contribution in [0.2, 0.25) is 0 Å². The summed E-state index contributed by atoms with van der Waals surface area (Å²) in [5.74, 6) is -0.222. The van der Waals surface area contributed by atoms with E-state index in [0.29, 0.717) is 23.0 Å². The quantitative estimate of drug-likeness (QED) is 0.247. The highest BCUT2D eigenvalue weighted by molar-refractivity contribution is 9.09. The minimum Gasteiger partial charge on any atom is -0.462 e. The number of esters is 1. The van der Waals surface area contributed by atoms with Gasteiger partial charge < -0.3 is 9.30 Å². The summed E-state index contributed by atoms with van der Waals surface area (Å²) in [6, 6.07) is 0. The molecular formula is C21H33BrN4O4. The van der Waals surface area contributed by atoms with E-state index in [9.17, 15) is 14.4 Å². The molecule has 0 radical (unpaired) electrons. The summed E-state index contributed by atoms with van der Waals surface area (Å²) in [6.45, 7) is 1.89. The number of imidazole rings is 1. The molecule has 1 unspecified atom stereocenters. The van der Waals surface area contributed by atoms with Crippen molar-refractivity contribution < 1.29 is 9.53 Å². The molecule has 0 bridgehead atoms. The van der Waals surface area contributed by atoms with E-state index in [-0.39, 0.29) is 23.3 Å². The van der Waals surface area contributed by atoms with Gasteiger partial charge in [0.1, 0.15) is 6.10 Å². The molecule has 0 saturated carbocycles. The second-order valence-corrected chi connectivity index (χ2v) is 8.48. The highest BCUT2D eigenvalue weighted by atomic mass is 79.9. The molecule has 0 aromatic carbocycles. The standard InChI is InChI=1S/C21H33BrN4O4/c1-16(27)30-17(14-22)12-10-8-6-4-5-7-9-11-13-26-20(28)18-19(23-15-24(18)2)25(3)21(26)29/h15,17H,4-14H2,1-3H3. The fourth-order valence-electron chi connectivity index (χ4n) is 3.70. The first-order valence-electron chi connectivity index (χ1n) is 10.7. The van der Waals surface area contributed by atoms with E-state index in [1.165, 1.54) is 28.9 Å². The normalized spacial score (nSPS) is 12.4. The third kappa shape index (κ3) is 6.55. The van der Waals surface area contributed by atoms with Crippen LogP contribution in [0.5, 0.6) is 0 Å². The highest BCUT2D eigenvalue weighted by Crippen LogP contribution is 2.13. The number of alkyl halides is 1. The van der Waals surface area contributed by atoms with Gasteiger partial charge in [0.2, 0.25) is 0 Å². The monoisotopic (exact) mass is 484 g/mol. The lowest BCUT2D eigenvalue weighted by atomic mass is 10.1. The van der Waals surface area contributed by atoms with E-state index < -0.39 is 0 Å². The van der Waals surface area contributed by atoms with Crippen molar-refractivity contribution in [2.75, 3.05) is 5.33 Å². The van der Waals surface area contributed by atoms with Crippen LogP contribution in [0.15, 0.2) is 15.9 Å². The predicted molar refractivity (Wildman–Crippen MR) is 121 cm³/mol. The first-order valence-corrected chi connectivity index (χ1v) is 11.8. The molecule has 2 rings (SSSR count). The van der Waals surface area contributed by atoms with Crippen LogP contribution in [0.1, 0.15) is 64.7 Å². The van der Waals surface area contributed by atoms with E-state index in [1.807, 2.05) is 0 Å². The van der Waals surface area contributed by atoms with E-state index in [0.717, 1.165) is 44.9 Å². The molecule has 2 aromatic heterocycles. The maximum absolute atomic E-state index is 12.6. The Morgan fingerprint density at radius 3 is 2.27 bits per heavy atom. The Morgan fingerprint density at radius 2 is 1.67 bits per heavy atom. The van der Waals surface area contributed by atoms with Gasteiger partial charge in [0.25, 0.3) is 5.56 Å². The zero-order chi connectivity index (χ0) is 22.1. The molecule has 30 heavy (non-hydrogen) atoms. The first kappa shape index (κ1) is 24.4. The van der Waals surface area contributed by atoms with Gasteiger partial charge in [-0.25, -0.2) is 9.78 Å². The molecule has 0 spiro atoms. The Bertz CT molecular complexity index is 947. The second-order valence-electron chi connectivity index (χ2n) is 7.83. The molecule has 8 nitrogen and oxygen atoms in total. The van der Waals surface area contributed by atoms with Crippen molar-refractivity contribution in [3.8, 4) is 0 Å². The van der Waals surface area contributed by atoms with Crippen LogP contribution in [0.4, 0.5) is 0 Å². The molecule has 2 aromatic rings. The lowest BCUT2D eigenvalue weighted by Crippen LogP contribution is -2.39. The maximum Gasteiger partial charge on any atom is 0.332 e. The van der Waals surface area contributed by atoms with Crippen LogP contribution in [0.25, 0.3) is 11.2 Å². The molecule has 0 aliphatic rings. The molecule has 0 N–H and O–H groups in total. The van der Waals surface area contributed by atoms with Crippen molar-refractivity contribution in [3.05, 3.63) is 27.2 Å². The summed E-state index contributed by atoms with van der Waals surface area (Å²) >= 11 is 3.38. The summed E-state index contributed by atoms with van der Waals surface area (Å²) in [4.78, 5) is 40.2.